The van der Waals surface area contributed by atoms with E-state index in [4.69, 9.17) is 14.2 Å². The molecule has 0 aromatic heterocycles. The molecule has 0 saturated heterocycles. The van der Waals surface area contributed by atoms with E-state index in [9.17, 15) is 0 Å². The van der Waals surface area contributed by atoms with Crippen LogP contribution in [-0.4, -0.2) is 41.0 Å². The van der Waals surface area contributed by atoms with Crippen LogP contribution in [0.25, 0.3) is 0 Å². The third kappa shape index (κ3) is 4.15. The van der Waals surface area contributed by atoms with Crippen molar-refractivity contribution in [2.75, 3.05) is 41.0 Å². The molecule has 1 N–H and O–H groups in total. The zero-order chi connectivity index (χ0) is 13.4. The number of methoxy groups -OCH3 is 3. The first kappa shape index (κ1) is 15.3. The molecule has 0 amide bonds. The molecule has 4 nitrogen and oxygen atoms in total. The lowest BCUT2D eigenvalue weighted by Crippen LogP contribution is -2.21. The van der Waals surface area contributed by atoms with Gasteiger partial charge in [-0.25, -0.2) is 0 Å². The summed E-state index contributed by atoms with van der Waals surface area (Å²) in [6.07, 6.45) is 0.898. The Morgan fingerprint density at radius 2 is 1.89 bits per heavy atom. The maximum absolute atomic E-state index is 5.42. The quantitative estimate of drug-likeness (QED) is 0.746. The summed E-state index contributed by atoms with van der Waals surface area (Å²) in [5.74, 6) is 1.62. The van der Waals surface area contributed by atoms with E-state index in [1.165, 1.54) is 0 Å². The topological polar surface area (TPSA) is 39.7 Å². The van der Waals surface area contributed by atoms with Gasteiger partial charge in [0, 0.05) is 13.7 Å². The lowest BCUT2D eigenvalue weighted by molar-refractivity contribution is 0.199. The van der Waals surface area contributed by atoms with Crippen molar-refractivity contribution in [2.45, 2.75) is 6.42 Å². The fraction of sp³-hybridized carbons (Fsp3) is 0.538. The van der Waals surface area contributed by atoms with Crippen molar-refractivity contribution in [1.82, 2.24) is 5.32 Å². The highest BCUT2D eigenvalue weighted by molar-refractivity contribution is 9.10. The molecular weight excluding hydrogens is 298 g/mol. The highest BCUT2D eigenvalue weighted by Gasteiger charge is 2.11. The van der Waals surface area contributed by atoms with Crippen molar-refractivity contribution < 1.29 is 14.2 Å². The van der Waals surface area contributed by atoms with Gasteiger partial charge in [-0.2, -0.15) is 0 Å². The van der Waals surface area contributed by atoms with Crippen molar-refractivity contribution in [1.29, 1.82) is 0 Å². The largest absolute Gasteiger partial charge is 0.495 e. The van der Waals surface area contributed by atoms with Gasteiger partial charge >= 0.3 is 0 Å². The average molecular weight is 318 g/mol. The maximum atomic E-state index is 5.42. The summed E-state index contributed by atoms with van der Waals surface area (Å²) in [7, 11) is 5.01. The molecule has 0 unspecified atom stereocenters. The van der Waals surface area contributed by atoms with Crippen LogP contribution in [0.4, 0.5) is 0 Å². The van der Waals surface area contributed by atoms with Gasteiger partial charge in [0.25, 0.3) is 0 Å². The van der Waals surface area contributed by atoms with Gasteiger partial charge in [-0.1, -0.05) is 6.07 Å². The molecule has 0 aliphatic rings. The molecule has 0 radical (unpaired) electrons. The fourth-order valence-electron chi connectivity index (χ4n) is 1.68. The molecule has 0 heterocycles. The van der Waals surface area contributed by atoms with E-state index >= 15 is 0 Å². The molecule has 0 atom stereocenters. The van der Waals surface area contributed by atoms with Crippen LogP contribution in [0, 0.1) is 0 Å². The molecule has 18 heavy (non-hydrogen) atoms. The van der Waals surface area contributed by atoms with Crippen LogP contribution in [0.1, 0.15) is 5.56 Å². The minimum absolute atomic E-state index is 0.726. The minimum Gasteiger partial charge on any atom is -0.495 e. The van der Waals surface area contributed by atoms with Crippen LogP contribution in [0.3, 0.4) is 0 Å². The van der Waals surface area contributed by atoms with Crippen LogP contribution >= 0.6 is 15.9 Å². The zero-order valence-corrected chi connectivity index (χ0v) is 12.7. The van der Waals surface area contributed by atoms with Crippen molar-refractivity contribution in [3.63, 3.8) is 0 Å². The highest BCUT2D eigenvalue weighted by atomic mass is 79.9. The summed E-state index contributed by atoms with van der Waals surface area (Å²) in [6, 6.07) is 3.97. The Balaban J connectivity index is 2.62. The number of nitrogens with one attached hydrogen (secondary N) is 1. The van der Waals surface area contributed by atoms with Gasteiger partial charge in [-0.15, -0.1) is 0 Å². The standard InChI is InChI=1S/C13H20BrNO3/c1-16-9-8-15-7-6-10-4-5-11(17-2)12(14)13(10)18-3/h4-5,15H,6-9H2,1-3H3. The molecule has 0 saturated carbocycles. The Kier molecular flexibility index (Phi) is 7.08. The van der Waals surface area contributed by atoms with E-state index in [1.54, 1.807) is 21.3 Å². The summed E-state index contributed by atoms with van der Waals surface area (Å²) in [5, 5.41) is 3.31. The summed E-state index contributed by atoms with van der Waals surface area (Å²) in [5.41, 5.74) is 1.15. The van der Waals surface area contributed by atoms with Gasteiger partial charge in [0.1, 0.15) is 16.0 Å². The Hall–Kier alpha value is -0.780. The maximum Gasteiger partial charge on any atom is 0.140 e. The van der Waals surface area contributed by atoms with Crippen molar-refractivity contribution in [2.24, 2.45) is 0 Å². The predicted octanol–water partition coefficient (Wildman–Crippen LogP) is 2.24. The molecule has 1 aromatic carbocycles. The second kappa shape index (κ2) is 8.34. The van der Waals surface area contributed by atoms with E-state index in [-0.39, 0.29) is 0 Å². The van der Waals surface area contributed by atoms with E-state index in [2.05, 4.69) is 21.2 Å². The third-order valence-corrected chi connectivity index (χ3v) is 3.37. The average Bonchev–Trinajstić information content (AvgIpc) is 2.39. The number of hydrogen-bond acceptors (Lipinski definition) is 4. The lowest BCUT2D eigenvalue weighted by Gasteiger charge is -2.13. The van der Waals surface area contributed by atoms with Gasteiger partial charge in [0.05, 0.1) is 20.8 Å². The number of benzene rings is 1. The van der Waals surface area contributed by atoms with Gasteiger partial charge in [0.2, 0.25) is 0 Å². The number of rotatable bonds is 8. The van der Waals surface area contributed by atoms with Gasteiger partial charge in [0.15, 0.2) is 0 Å². The number of hydrogen-bond donors (Lipinski definition) is 1. The van der Waals surface area contributed by atoms with Crippen molar-refractivity contribution >= 4 is 15.9 Å². The van der Waals surface area contributed by atoms with Gasteiger partial charge in [-0.05, 0) is 40.5 Å². The summed E-state index contributed by atoms with van der Waals surface area (Å²) < 4.78 is 16.5. The Morgan fingerprint density at radius 3 is 2.50 bits per heavy atom. The molecule has 0 fully saturated rings. The van der Waals surface area contributed by atoms with Crippen LogP contribution < -0.4 is 14.8 Å². The molecule has 0 bridgehead atoms. The first-order valence-electron chi connectivity index (χ1n) is 5.83. The molecule has 0 spiro atoms. The van der Waals surface area contributed by atoms with E-state index in [0.29, 0.717) is 0 Å². The van der Waals surface area contributed by atoms with Crippen molar-refractivity contribution in [3.05, 3.63) is 22.2 Å². The molecular formula is C13H20BrNO3. The highest BCUT2D eigenvalue weighted by Crippen LogP contribution is 2.37. The smallest absolute Gasteiger partial charge is 0.140 e. The van der Waals surface area contributed by atoms with Crippen molar-refractivity contribution in [3.8, 4) is 11.5 Å². The second-order valence-electron chi connectivity index (χ2n) is 3.77. The summed E-state index contributed by atoms with van der Waals surface area (Å²) in [4.78, 5) is 0. The van der Waals surface area contributed by atoms with E-state index < -0.39 is 0 Å². The number of ether oxygens (including phenoxy) is 3. The molecule has 102 valence electrons. The third-order valence-electron chi connectivity index (χ3n) is 2.62. The second-order valence-corrected chi connectivity index (χ2v) is 4.56. The summed E-state index contributed by atoms with van der Waals surface area (Å²) >= 11 is 3.50. The first-order chi connectivity index (χ1) is 8.74. The Labute approximate surface area is 117 Å². The Morgan fingerprint density at radius 1 is 1.11 bits per heavy atom. The molecule has 1 aromatic rings. The summed E-state index contributed by atoms with van der Waals surface area (Å²) in [6.45, 7) is 2.47. The van der Waals surface area contributed by atoms with Crippen LogP contribution in [0.5, 0.6) is 11.5 Å². The van der Waals surface area contributed by atoms with Gasteiger partial charge < -0.3 is 19.5 Å². The first-order valence-corrected chi connectivity index (χ1v) is 6.62. The van der Waals surface area contributed by atoms with Crippen LogP contribution in [0.15, 0.2) is 16.6 Å². The van der Waals surface area contributed by atoms with E-state index in [1.807, 2.05) is 12.1 Å². The molecule has 0 aliphatic carbocycles. The zero-order valence-electron chi connectivity index (χ0n) is 11.1. The lowest BCUT2D eigenvalue weighted by atomic mass is 10.1. The monoisotopic (exact) mass is 317 g/mol. The predicted molar refractivity (Wildman–Crippen MR) is 75.7 cm³/mol. The molecule has 5 heteroatoms. The van der Waals surface area contributed by atoms with Crippen LogP contribution in [0.2, 0.25) is 0 Å². The van der Waals surface area contributed by atoms with Crippen LogP contribution in [-0.2, 0) is 11.2 Å². The SMILES string of the molecule is COCCNCCc1ccc(OC)c(Br)c1OC. The minimum atomic E-state index is 0.726. The molecule has 0 aliphatic heterocycles. The number of halogens is 1. The fourth-order valence-corrected chi connectivity index (χ4v) is 2.39. The normalized spacial score (nSPS) is 10.4. The van der Waals surface area contributed by atoms with E-state index in [0.717, 1.165) is 47.7 Å². The van der Waals surface area contributed by atoms with Gasteiger partial charge in [-0.3, -0.25) is 0 Å². The molecule has 1 rings (SSSR count). The Bertz CT molecular complexity index is 371.